The maximum Gasteiger partial charge on any atom is 0.423 e. The predicted octanol–water partition coefficient (Wildman–Crippen LogP) is 3.50. The fourth-order valence-electron chi connectivity index (χ4n) is 1.14. The second kappa shape index (κ2) is 9.49. The van der Waals surface area contributed by atoms with E-state index in [2.05, 4.69) is 13.8 Å². The Hall–Kier alpha value is -1.06. The van der Waals surface area contributed by atoms with Gasteiger partial charge in [0, 0.05) is 6.08 Å². The molecule has 0 aliphatic carbocycles. The van der Waals surface area contributed by atoms with E-state index < -0.39 is 4.92 Å². The number of rotatable bonds is 9. The van der Waals surface area contributed by atoms with Gasteiger partial charge < -0.3 is 4.74 Å². The van der Waals surface area contributed by atoms with Gasteiger partial charge in [0.05, 0.1) is 6.61 Å². The zero-order valence-electron chi connectivity index (χ0n) is 9.70. The van der Waals surface area contributed by atoms with Gasteiger partial charge in [-0.05, 0) is 19.3 Å². The molecule has 0 aliphatic heterocycles. The summed E-state index contributed by atoms with van der Waals surface area (Å²) in [5.41, 5.74) is 0. The molecule has 0 unspecified atom stereocenters. The lowest BCUT2D eigenvalue weighted by Crippen LogP contribution is -2.05. The number of nitrogens with zero attached hydrogens (tertiary/aromatic N) is 1. The summed E-state index contributed by atoms with van der Waals surface area (Å²) < 4.78 is 5.11. The van der Waals surface area contributed by atoms with Crippen LogP contribution in [-0.4, -0.2) is 11.5 Å². The minimum absolute atomic E-state index is 0.0837. The maximum atomic E-state index is 10.6. The normalized spacial score (nSPS) is 11.5. The van der Waals surface area contributed by atoms with Gasteiger partial charge >= 0.3 is 5.88 Å². The van der Waals surface area contributed by atoms with Crippen LogP contribution in [-0.2, 0) is 4.74 Å². The van der Waals surface area contributed by atoms with E-state index in [1.807, 2.05) is 0 Å². The Morgan fingerprint density at radius 3 is 2.47 bits per heavy atom. The summed E-state index contributed by atoms with van der Waals surface area (Å²) in [4.78, 5) is 10.1. The van der Waals surface area contributed by atoms with Gasteiger partial charge in [0.1, 0.15) is 4.92 Å². The highest BCUT2D eigenvalue weighted by molar-refractivity contribution is 4.82. The molecule has 0 aliphatic rings. The number of hydrogen-bond acceptors (Lipinski definition) is 3. The molecule has 0 heterocycles. The van der Waals surface area contributed by atoms with Crippen LogP contribution in [0.1, 0.15) is 52.4 Å². The third-order valence-corrected chi connectivity index (χ3v) is 2.05. The van der Waals surface area contributed by atoms with Crippen molar-refractivity contribution in [2.75, 3.05) is 6.61 Å². The molecule has 0 atom stereocenters. The Kier molecular flexibility index (Phi) is 8.82. The monoisotopic (exact) mass is 215 g/mol. The van der Waals surface area contributed by atoms with E-state index in [9.17, 15) is 10.1 Å². The van der Waals surface area contributed by atoms with Gasteiger partial charge in [-0.1, -0.05) is 33.1 Å². The van der Waals surface area contributed by atoms with Crippen LogP contribution < -0.4 is 0 Å². The quantitative estimate of drug-likeness (QED) is 0.256. The third kappa shape index (κ3) is 7.97. The van der Waals surface area contributed by atoms with E-state index in [4.69, 9.17) is 4.74 Å². The highest BCUT2D eigenvalue weighted by Crippen LogP contribution is 2.05. The summed E-state index contributed by atoms with van der Waals surface area (Å²) >= 11 is 0. The molecule has 0 aromatic carbocycles. The SMILES string of the molecule is CCCCC=C(OCCCCC)[N+](=O)[O-]. The molecule has 0 saturated heterocycles. The van der Waals surface area contributed by atoms with Crippen molar-refractivity contribution in [2.24, 2.45) is 0 Å². The van der Waals surface area contributed by atoms with Crippen molar-refractivity contribution in [3.63, 3.8) is 0 Å². The number of hydrogen-bond donors (Lipinski definition) is 0. The van der Waals surface area contributed by atoms with Crippen molar-refractivity contribution in [1.29, 1.82) is 0 Å². The van der Waals surface area contributed by atoms with Gasteiger partial charge in [0.15, 0.2) is 0 Å². The maximum absolute atomic E-state index is 10.6. The van der Waals surface area contributed by atoms with Crippen molar-refractivity contribution in [2.45, 2.75) is 52.4 Å². The summed E-state index contributed by atoms with van der Waals surface area (Å²) in [5, 5.41) is 10.6. The molecule has 0 rings (SSSR count). The molecular weight excluding hydrogens is 194 g/mol. The molecule has 0 spiro atoms. The van der Waals surface area contributed by atoms with Gasteiger partial charge in [-0.3, -0.25) is 10.1 Å². The van der Waals surface area contributed by atoms with Crippen molar-refractivity contribution >= 4 is 0 Å². The smallest absolute Gasteiger partial charge is 0.423 e. The third-order valence-electron chi connectivity index (χ3n) is 2.05. The molecule has 0 amide bonds. The Morgan fingerprint density at radius 2 is 1.93 bits per heavy atom. The van der Waals surface area contributed by atoms with E-state index in [-0.39, 0.29) is 5.88 Å². The summed E-state index contributed by atoms with van der Waals surface area (Å²) in [6.45, 7) is 4.60. The fraction of sp³-hybridized carbons (Fsp3) is 0.818. The average Bonchev–Trinajstić information content (AvgIpc) is 2.21. The first kappa shape index (κ1) is 13.9. The van der Waals surface area contributed by atoms with E-state index >= 15 is 0 Å². The van der Waals surface area contributed by atoms with E-state index in [0.29, 0.717) is 6.61 Å². The molecule has 0 saturated carbocycles. The molecule has 0 N–H and O–H groups in total. The Balaban J connectivity index is 3.83. The van der Waals surface area contributed by atoms with Crippen molar-refractivity contribution in [3.05, 3.63) is 22.1 Å². The minimum atomic E-state index is -0.443. The summed E-state index contributed by atoms with van der Waals surface area (Å²) in [5.74, 6) is -0.0837. The van der Waals surface area contributed by atoms with E-state index in [1.54, 1.807) is 6.08 Å². The summed E-state index contributed by atoms with van der Waals surface area (Å²) in [7, 11) is 0. The number of nitro groups is 1. The zero-order valence-corrected chi connectivity index (χ0v) is 9.70. The first-order valence-corrected chi connectivity index (χ1v) is 5.69. The predicted molar refractivity (Wildman–Crippen MR) is 60.1 cm³/mol. The lowest BCUT2D eigenvalue weighted by Gasteiger charge is -2.02. The number of unbranched alkanes of at least 4 members (excludes halogenated alkanes) is 4. The lowest BCUT2D eigenvalue weighted by molar-refractivity contribution is -0.464. The van der Waals surface area contributed by atoms with Crippen LogP contribution in [0.25, 0.3) is 0 Å². The first-order chi connectivity index (χ1) is 7.22. The van der Waals surface area contributed by atoms with Crippen LogP contribution in [0.4, 0.5) is 0 Å². The largest absolute Gasteiger partial charge is 0.441 e. The summed E-state index contributed by atoms with van der Waals surface area (Å²) in [6.07, 6.45) is 7.34. The van der Waals surface area contributed by atoms with E-state index in [0.717, 1.165) is 38.5 Å². The first-order valence-electron chi connectivity index (χ1n) is 5.69. The molecule has 88 valence electrons. The van der Waals surface area contributed by atoms with E-state index in [1.165, 1.54) is 0 Å². The van der Waals surface area contributed by atoms with Gasteiger partial charge in [0.25, 0.3) is 0 Å². The Labute approximate surface area is 91.5 Å². The molecule has 4 nitrogen and oxygen atoms in total. The molecule has 4 heteroatoms. The average molecular weight is 215 g/mol. The standard InChI is InChI=1S/C11H21NO3/c1-3-5-7-9-11(12(13)14)15-10-8-6-4-2/h9H,3-8,10H2,1-2H3. The van der Waals surface area contributed by atoms with Crippen LogP contribution in [0.15, 0.2) is 12.0 Å². The van der Waals surface area contributed by atoms with Crippen molar-refractivity contribution in [3.8, 4) is 0 Å². The van der Waals surface area contributed by atoms with Gasteiger partial charge in [-0.2, -0.15) is 0 Å². The van der Waals surface area contributed by atoms with Crippen molar-refractivity contribution in [1.82, 2.24) is 0 Å². The van der Waals surface area contributed by atoms with Gasteiger partial charge in [0.2, 0.25) is 0 Å². The van der Waals surface area contributed by atoms with Crippen LogP contribution in [0.3, 0.4) is 0 Å². The highest BCUT2D eigenvalue weighted by Gasteiger charge is 2.10. The zero-order chi connectivity index (χ0) is 11.5. The van der Waals surface area contributed by atoms with Gasteiger partial charge in [-0.25, -0.2) is 0 Å². The van der Waals surface area contributed by atoms with Gasteiger partial charge in [-0.15, -0.1) is 0 Å². The molecule has 0 radical (unpaired) electrons. The number of ether oxygens (including phenoxy) is 1. The van der Waals surface area contributed by atoms with Crippen LogP contribution in [0, 0.1) is 10.1 Å². The highest BCUT2D eigenvalue weighted by atomic mass is 16.7. The minimum Gasteiger partial charge on any atom is -0.441 e. The second-order valence-electron chi connectivity index (χ2n) is 3.50. The molecule has 0 bridgehead atoms. The van der Waals surface area contributed by atoms with Crippen LogP contribution >= 0.6 is 0 Å². The fourth-order valence-corrected chi connectivity index (χ4v) is 1.14. The van der Waals surface area contributed by atoms with Crippen LogP contribution in [0.5, 0.6) is 0 Å². The topological polar surface area (TPSA) is 52.4 Å². The molecule has 15 heavy (non-hydrogen) atoms. The molecule has 0 aromatic rings. The Bertz CT molecular complexity index is 202. The number of allylic oxidation sites excluding steroid dienone is 1. The van der Waals surface area contributed by atoms with Crippen molar-refractivity contribution < 1.29 is 9.66 Å². The second-order valence-corrected chi connectivity index (χ2v) is 3.50. The summed E-state index contributed by atoms with van der Waals surface area (Å²) in [6, 6.07) is 0. The van der Waals surface area contributed by atoms with Crippen LogP contribution in [0.2, 0.25) is 0 Å². The molecule has 0 fully saturated rings. The lowest BCUT2D eigenvalue weighted by atomic mass is 10.2. The Morgan fingerprint density at radius 1 is 1.27 bits per heavy atom. The molecular formula is C11H21NO3. The molecule has 0 aromatic heterocycles.